The SMILES string of the molecule is CC(=O)C1=C(O)C(C(C)C)[C@@]2(C)C[C@@]3(C)Cc4c(C(C)C)cc(C#CC5=CCCCC5)c(O)c4C(=O)C3=C(O)[C@@]2(O)C1=O. The average molecular weight is 587 g/mol. The second-order valence-electron chi connectivity index (χ2n) is 14.1. The summed E-state index contributed by atoms with van der Waals surface area (Å²) in [5.41, 5.74) is -2.99. The molecule has 4 aliphatic rings. The summed E-state index contributed by atoms with van der Waals surface area (Å²) < 4.78 is 0. The number of benzene rings is 1. The minimum atomic E-state index is -2.63. The number of carbonyl (C=O) groups excluding carboxylic acids is 3. The van der Waals surface area contributed by atoms with Crippen LogP contribution < -0.4 is 0 Å². The summed E-state index contributed by atoms with van der Waals surface area (Å²) in [6, 6.07) is 1.84. The summed E-state index contributed by atoms with van der Waals surface area (Å²) in [6.45, 7) is 12.2. The second-order valence-corrected chi connectivity index (χ2v) is 14.1. The van der Waals surface area contributed by atoms with Crippen molar-refractivity contribution in [3.8, 4) is 17.6 Å². The van der Waals surface area contributed by atoms with Gasteiger partial charge in [-0.2, -0.15) is 0 Å². The lowest BCUT2D eigenvalue weighted by Crippen LogP contribution is -2.67. The van der Waals surface area contributed by atoms with E-state index < -0.39 is 51.0 Å². The molecule has 0 heterocycles. The maximum atomic E-state index is 14.5. The number of ketones is 3. The van der Waals surface area contributed by atoms with E-state index in [0.29, 0.717) is 11.1 Å². The fraction of sp³-hybridized carbons (Fsp3) is 0.528. The standard InChI is InChI=1S/C36H42O7/c1-18(2)23-15-22(14-13-21-11-9-8-10-12-21)29(38)26-24(23)16-34(6)17-35(7)27(19(3)4)30(39)25(20(5)37)32(41)36(35,43)33(42)28(34)31(26)40/h11,15,18-19,27,38-39,42-43H,8-10,12,16-17H2,1-7H3/t27?,34-,35-,36+/m1/s1. The molecule has 4 aliphatic carbocycles. The molecule has 43 heavy (non-hydrogen) atoms. The molecule has 0 bridgehead atoms. The van der Waals surface area contributed by atoms with Gasteiger partial charge < -0.3 is 20.4 Å². The van der Waals surface area contributed by atoms with Crippen molar-refractivity contribution in [2.75, 3.05) is 0 Å². The van der Waals surface area contributed by atoms with Gasteiger partial charge in [-0.15, -0.1) is 0 Å². The van der Waals surface area contributed by atoms with E-state index in [9.17, 15) is 34.8 Å². The first kappa shape index (κ1) is 30.8. The van der Waals surface area contributed by atoms with Crippen LogP contribution in [-0.2, 0) is 16.0 Å². The van der Waals surface area contributed by atoms with Gasteiger partial charge >= 0.3 is 0 Å². The van der Waals surface area contributed by atoms with Crippen LogP contribution in [-0.4, -0.2) is 43.4 Å². The molecule has 0 amide bonds. The molecule has 0 saturated heterocycles. The first-order valence-electron chi connectivity index (χ1n) is 15.3. The molecule has 1 aromatic carbocycles. The Bertz CT molecular complexity index is 1620. The monoisotopic (exact) mass is 586 g/mol. The van der Waals surface area contributed by atoms with E-state index in [4.69, 9.17) is 0 Å². The van der Waals surface area contributed by atoms with Gasteiger partial charge in [0.05, 0.1) is 11.1 Å². The number of rotatable bonds is 3. The van der Waals surface area contributed by atoms with E-state index in [1.54, 1.807) is 6.92 Å². The first-order chi connectivity index (χ1) is 20.0. The molecule has 0 aliphatic heterocycles. The Labute approximate surface area is 253 Å². The molecule has 7 nitrogen and oxygen atoms in total. The summed E-state index contributed by atoms with van der Waals surface area (Å²) >= 11 is 0. The quantitative estimate of drug-likeness (QED) is 0.241. The van der Waals surface area contributed by atoms with Gasteiger partial charge in [0.2, 0.25) is 5.78 Å². The van der Waals surface area contributed by atoms with Crippen molar-refractivity contribution in [2.24, 2.45) is 22.7 Å². The molecule has 228 valence electrons. The predicted molar refractivity (Wildman–Crippen MR) is 163 cm³/mol. The molecule has 4 N–H and O–H groups in total. The molecule has 0 aromatic heterocycles. The smallest absolute Gasteiger partial charge is 0.209 e. The molecule has 0 spiro atoms. The highest BCUT2D eigenvalue weighted by Crippen LogP contribution is 2.65. The van der Waals surface area contributed by atoms with Crippen molar-refractivity contribution in [2.45, 2.75) is 98.5 Å². The third kappa shape index (κ3) is 4.24. The zero-order chi connectivity index (χ0) is 31.8. The topological polar surface area (TPSA) is 132 Å². The molecule has 0 fully saturated rings. The number of aliphatic hydroxyl groups excluding tert-OH is 2. The average Bonchev–Trinajstić information content (AvgIpc) is 2.90. The van der Waals surface area contributed by atoms with E-state index in [1.807, 2.05) is 40.7 Å². The number of carbonyl (C=O) groups is 3. The minimum Gasteiger partial charge on any atom is -0.511 e. The highest BCUT2D eigenvalue weighted by atomic mass is 16.3. The van der Waals surface area contributed by atoms with Crippen LogP contribution in [0.1, 0.15) is 114 Å². The van der Waals surface area contributed by atoms with Crippen LogP contribution in [0.4, 0.5) is 0 Å². The fourth-order valence-corrected chi connectivity index (χ4v) is 8.54. The van der Waals surface area contributed by atoms with Crippen LogP contribution >= 0.6 is 0 Å². The van der Waals surface area contributed by atoms with Crippen molar-refractivity contribution < 1.29 is 34.8 Å². The normalized spacial score (nSPS) is 30.5. The number of phenolic OH excluding ortho intramolecular Hbond substituents is 1. The highest BCUT2D eigenvalue weighted by molar-refractivity contribution is 6.25. The molecule has 5 rings (SSSR count). The van der Waals surface area contributed by atoms with Crippen LogP contribution in [0.2, 0.25) is 0 Å². The molecule has 1 unspecified atom stereocenters. The third-order valence-electron chi connectivity index (χ3n) is 10.3. The number of aromatic hydroxyl groups is 1. The van der Waals surface area contributed by atoms with E-state index in [2.05, 4.69) is 17.9 Å². The Morgan fingerprint density at radius 3 is 2.28 bits per heavy atom. The number of hydrogen-bond acceptors (Lipinski definition) is 7. The van der Waals surface area contributed by atoms with Gasteiger partial charge in [0.1, 0.15) is 22.8 Å². The van der Waals surface area contributed by atoms with Gasteiger partial charge in [-0.05, 0) is 80.1 Å². The summed E-state index contributed by atoms with van der Waals surface area (Å²) in [6.07, 6.45) is 6.41. The van der Waals surface area contributed by atoms with E-state index in [1.165, 1.54) is 0 Å². The van der Waals surface area contributed by atoms with Crippen molar-refractivity contribution in [1.82, 2.24) is 0 Å². The van der Waals surface area contributed by atoms with Crippen molar-refractivity contribution in [3.05, 3.63) is 62.6 Å². The Hall–Kier alpha value is -3.63. The summed E-state index contributed by atoms with van der Waals surface area (Å²) in [5.74, 6) is 1.05. The molecular weight excluding hydrogens is 544 g/mol. The summed E-state index contributed by atoms with van der Waals surface area (Å²) in [4.78, 5) is 40.9. The largest absolute Gasteiger partial charge is 0.511 e. The number of allylic oxidation sites excluding steroid dienone is 4. The van der Waals surface area contributed by atoms with Crippen molar-refractivity contribution >= 4 is 17.3 Å². The Kier molecular flexibility index (Phi) is 7.33. The molecular formula is C36H42O7. The molecule has 0 radical (unpaired) electrons. The Balaban J connectivity index is 1.77. The van der Waals surface area contributed by atoms with Gasteiger partial charge in [0.25, 0.3) is 0 Å². The maximum Gasteiger partial charge on any atom is 0.209 e. The van der Waals surface area contributed by atoms with Gasteiger partial charge in [-0.25, -0.2) is 0 Å². The van der Waals surface area contributed by atoms with E-state index >= 15 is 0 Å². The number of phenols is 1. The molecule has 0 saturated carbocycles. The minimum absolute atomic E-state index is 0.0137. The van der Waals surface area contributed by atoms with Crippen LogP contribution in [0.15, 0.2) is 40.4 Å². The van der Waals surface area contributed by atoms with Crippen LogP contribution in [0.25, 0.3) is 0 Å². The number of hydrogen-bond donors (Lipinski definition) is 4. The van der Waals surface area contributed by atoms with Gasteiger partial charge in [-0.3, -0.25) is 14.4 Å². The van der Waals surface area contributed by atoms with Gasteiger partial charge in [-0.1, -0.05) is 59.5 Å². The second kappa shape index (κ2) is 10.2. The Morgan fingerprint density at radius 1 is 1.05 bits per heavy atom. The summed E-state index contributed by atoms with van der Waals surface area (Å²) in [7, 11) is 0. The van der Waals surface area contributed by atoms with Crippen molar-refractivity contribution in [1.29, 1.82) is 0 Å². The van der Waals surface area contributed by atoms with Crippen LogP contribution in [0.5, 0.6) is 5.75 Å². The fourth-order valence-electron chi connectivity index (χ4n) is 8.54. The number of aliphatic hydroxyl groups is 3. The van der Waals surface area contributed by atoms with Crippen molar-refractivity contribution in [3.63, 3.8) is 0 Å². The van der Waals surface area contributed by atoms with E-state index in [0.717, 1.165) is 43.7 Å². The predicted octanol–water partition coefficient (Wildman–Crippen LogP) is 6.32. The lowest BCUT2D eigenvalue weighted by molar-refractivity contribution is -0.171. The van der Waals surface area contributed by atoms with Gasteiger partial charge in [0.15, 0.2) is 17.2 Å². The van der Waals surface area contributed by atoms with Gasteiger partial charge in [0, 0.05) is 22.3 Å². The Morgan fingerprint density at radius 2 is 1.72 bits per heavy atom. The highest BCUT2D eigenvalue weighted by Gasteiger charge is 2.71. The maximum absolute atomic E-state index is 14.5. The summed E-state index contributed by atoms with van der Waals surface area (Å²) in [5, 5.41) is 46.9. The number of fused-ring (bicyclic) bond motifs is 3. The van der Waals surface area contributed by atoms with E-state index in [-0.39, 0.29) is 47.3 Å². The molecule has 4 atom stereocenters. The third-order valence-corrected chi connectivity index (χ3v) is 10.3. The zero-order valence-electron chi connectivity index (χ0n) is 26.1. The molecule has 1 aromatic rings. The lowest BCUT2D eigenvalue weighted by atomic mass is 9.44. The molecule has 7 heteroatoms. The first-order valence-corrected chi connectivity index (χ1v) is 15.3. The zero-order valence-corrected chi connectivity index (χ0v) is 26.1. The lowest BCUT2D eigenvalue weighted by Gasteiger charge is -2.59. The number of Topliss-reactive ketones (excluding diaryl/α,β-unsaturated/α-hetero) is 3. The van der Waals surface area contributed by atoms with Crippen LogP contribution in [0.3, 0.4) is 0 Å². The van der Waals surface area contributed by atoms with Crippen LogP contribution in [0, 0.1) is 34.5 Å².